The maximum absolute atomic E-state index is 13.1. The van der Waals surface area contributed by atoms with Gasteiger partial charge in [0.05, 0.1) is 6.42 Å². The van der Waals surface area contributed by atoms with E-state index in [1.165, 1.54) is 36.9 Å². The fourth-order valence-corrected chi connectivity index (χ4v) is 1.88. The molecule has 0 radical (unpaired) electrons. The lowest BCUT2D eigenvalue weighted by Gasteiger charge is -2.01. The molecule has 1 aromatic rings. The molecule has 0 aromatic heterocycles. The minimum absolute atomic E-state index is 0.0270. The summed E-state index contributed by atoms with van der Waals surface area (Å²) in [6, 6.07) is 3.87. The number of rotatable bonds is 4. The van der Waals surface area contributed by atoms with E-state index in [1.807, 2.05) is 0 Å². The van der Waals surface area contributed by atoms with E-state index in [1.54, 1.807) is 0 Å². The zero-order chi connectivity index (χ0) is 14.3. The van der Waals surface area contributed by atoms with Crippen molar-refractivity contribution in [1.82, 2.24) is 0 Å². The van der Waals surface area contributed by atoms with Gasteiger partial charge < -0.3 is 5.11 Å². The lowest BCUT2D eigenvalue weighted by atomic mass is 10.0. The van der Waals surface area contributed by atoms with Crippen LogP contribution in [0.3, 0.4) is 0 Å². The number of halogens is 1. The molecule has 100 valence electrons. The van der Waals surface area contributed by atoms with Crippen molar-refractivity contribution in [2.45, 2.75) is 19.8 Å². The van der Waals surface area contributed by atoms with Gasteiger partial charge in [-0.25, -0.2) is 4.39 Å². The molecule has 0 heterocycles. The lowest BCUT2D eigenvalue weighted by molar-refractivity contribution is -0.136. The van der Waals surface area contributed by atoms with Gasteiger partial charge in [0.25, 0.3) is 0 Å². The second-order valence-corrected chi connectivity index (χ2v) is 5.04. The second kappa shape index (κ2) is 7.59. The van der Waals surface area contributed by atoms with Crippen LogP contribution in [0.2, 0.25) is 0 Å². The molecule has 0 aliphatic rings. The third-order valence-electron chi connectivity index (χ3n) is 2.17. The summed E-state index contributed by atoms with van der Waals surface area (Å²) in [6.07, 6.45) is 0.305. The highest BCUT2D eigenvalue weighted by Crippen LogP contribution is 2.11. The SMILES string of the molecule is CC(=O)SCCC#Cc1cc(F)ccc1CC(=O)O. The Hall–Kier alpha value is -1.80. The molecular weight excluding hydrogens is 267 g/mol. The Kier molecular flexibility index (Phi) is 6.10. The number of aliphatic carboxylic acids is 1. The summed E-state index contributed by atoms with van der Waals surface area (Å²) in [5.74, 6) is 4.71. The highest BCUT2D eigenvalue weighted by atomic mass is 32.2. The van der Waals surface area contributed by atoms with Gasteiger partial charge in [0.1, 0.15) is 5.82 Å². The van der Waals surface area contributed by atoms with Crippen molar-refractivity contribution in [3.8, 4) is 11.8 Å². The molecule has 1 aromatic carbocycles. The quantitative estimate of drug-likeness (QED) is 0.680. The first kappa shape index (κ1) is 15.3. The highest BCUT2D eigenvalue weighted by molar-refractivity contribution is 8.13. The number of carboxylic acids is 1. The molecule has 0 amide bonds. The topological polar surface area (TPSA) is 54.4 Å². The summed E-state index contributed by atoms with van der Waals surface area (Å²) in [5, 5.41) is 8.78. The number of hydrogen-bond acceptors (Lipinski definition) is 3. The van der Waals surface area contributed by atoms with E-state index in [9.17, 15) is 14.0 Å². The van der Waals surface area contributed by atoms with Crippen molar-refractivity contribution in [1.29, 1.82) is 0 Å². The molecular formula is C14H13FO3S. The number of thioether (sulfide) groups is 1. The first-order valence-electron chi connectivity index (χ1n) is 5.61. The standard InChI is InChI=1S/C14H13FO3S/c1-10(16)19-7-3-2-4-11-8-13(15)6-5-12(11)9-14(17)18/h5-6,8H,3,7,9H2,1H3,(H,17,18). The average molecular weight is 280 g/mol. The van der Waals surface area contributed by atoms with E-state index < -0.39 is 11.8 Å². The van der Waals surface area contributed by atoms with Crippen molar-refractivity contribution >= 4 is 22.8 Å². The first-order valence-corrected chi connectivity index (χ1v) is 6.60. The second-order valence-electron chi connectivity index (χ2n) is 3.76. The van der Waals surface area contributed by atoms with Gasteiger partial charge in [-0.2, -0.15) is 0 Å². The Bertz CT molecular complexity index is 543. The van der Waals surface area contributed by atoms with Crippen LogP contribution in [0.5, 0.6) is 0 Å². The van der Waals surface area contributed by atoms with E-state index in [2.05, 4.69) is 11.8 Å². The van der Waals surface area contributed by atoms with Crippen molar-refractivity contribution in [3.63, 3.8) is 0 Å². The fraction of sp³-hybridized carbons (Fsp3) is 0.286. The first-order chi connectivity index (χ1) is 8.99. The van der Waals surface area contributed by atoms with Gasteiger partial charge >= 0.3 is 5.97 Å². The maximum Gasteiger partial charge on any atom is 0.307 e. The summed E-state index contributed by atoms with van der Waals surface area (Å²) in [5.41, 5.74) is 0.871. The van der Waals surface area contributed by atoms with E-state index >= 15 is 0 Å². The van der Waals surface area contributed by atoms with Gasteiger partial charge in [0.2, 0.25) is 0 Å². The summed E-state index contributed by atoms with van der Waals surface area (Å²) in [7, 11) is 0. The van der Waals surface area contributed by atoms with E-state index in [0.29, 0.717) is 23.3 Å². The van der Waals surface area contributed by atoms with E-state index in [0.717, 1.165) is 0 Å². The van der Waals surface area contributed by atoms with Crippen LogP contribution >= 0.6 is 11.8 Å². The molecule has 19 heavy (non-hydrogen) atoms. The van der Waals surface area contributed by atoms with Crippen LogP contribution in [0.1, 0.15) is 24.5 Å². The molecule has 0 fully saturated rings. The smallest absolute Gasteiger partial charge is 0.307 e. The number of carbonyl (C=O) groups excluding carboxylic acids is 1. The summed E-state index contributed by atoms with van der Waals surface area (Å²) in [6.45, 7) is 1.48. The third kappa shape index (κ3) is 6.07. The molecule has 0 saturated carbocycles. The number of hydrogen-bond donors (Lipinski definition) is 1. The molecule has 1 N–H and O–H groups in total. The molecule has 0 spiro atoms. The molecule has 3 nitrogen and oxygen atoms in total. The van der Waals surface area contributed by atoms with Crippen molar-refractivity contribution < 1.29 is 19.1 Å². The average Bonchev–Trinajstić information content (AvgIpc) is 2.31. The van der Waals surface area contributed by atoms with Crippen molar-refractivity contribution in [3.05, 3.63) is 35.1 Å². The van der Waals surface area contributed by atoms with Crippen LogP contribution in [0.15, 0.2) is 18.2 Å². The minimum atomic E-state index is -0.984. The van der Waals surface area contributed by atoms with Gasteiger partial charge in [-0.1, -0.05) is 29.7 Å². The van der Waals surface area contributed by atoms with Crippen LogP contribution in [-0.4, -0.2) is 21.9 Å². The van der Waals surface area contributed by atoms with Crippen molar-refractivity contribution in [2.24, 2.45) is 0 Å². The predicted octanol–water partition coefficient (Wildman–Crippen LogP) is 2.47. The van der Waals surface area contributed by atoms with E-state index in [-0.39, 0.29) is 11.5 Å². The lowest BCUT2D eigenvalue weighted by Crippen LogP contribution is -2.02. The monoisotopic (exact) mass is 280 g/mol. The number of carboxylic acid groups (broad SMARTS) is 1. The summed E-state index contributed by atoms with van der Waals surface area (Å²) >= 11 is 1.17. The van der Waals surface area contributed by atoms with Gasteiger partial charge in [-0.3, -0.25) is 9.59 Å². The fourth-order valence-electron chi connectivity index (χ4n) is 1.39. The zero-order valence-corrected chi connectivity index (χ0v) is 11.2. The molecule has 0 atom stereocenters. The molecule has 0 bridgehead atoms. The van der Waals surface area contributed by atoms with Gasteiger partial charge in [0, 0.05) is 24.7 Å². The van der Waals surface area contributed by atoms with Crippen molar-refractivity contribution in [2.75, 3.05) is 5.75 Å². The summed E-state index contributed by atoms with van der Waals surface area (Å²) in [4.78, 5) is 21.4. The van der Waals surface area contributed by atoms with Gasteiger partial charge in [-0.15, -0.1) is 0 Å². The Labute approximate surface area is 115 Å². The van der Waals surface area contributed by atoms with Crippen LogP contribution in [-0.2, 0) is 16.0 Å². The Morgan fingerprint density at radius 1 is 1.42 bits per heavy atom. The normalized spacial score (nSPS) is 9.58. The molecule has 0 unspecified atom stereocenters. The Morgan fingerprint density at radius 2 is 2.16 bits per heavy atom. The zero-order valence-electron chi connectivity index (χ0n) is 10.4. The van der Waals surface area contributed by atoms with Crippen LogP contribution < -0.4 is 0 Å². The minimum Gasteiger partial charge on any atom is -0.481 e. The molecule has 1 rings (SSSR count). The third-order valence-corrected chi connectivity index (χ3v) is 2.98. The number of carbonyl (C=O) groups is 2. The van der Waals surface area contributed by atoms with Crippen LogP contribution in [0.4, 0.5) is 4.39 Å². The summed E-state index contributed by atoms with van der Waals surface area (Å²) < 4.78 is 13.1. The van der Waals surface area contributed by atoms with Gasteiger partial charge in [0.15, 0.2) is 5.12 Å². The molecule has 0 aliphatic heterocycles. The maximum atomic E-state index is 13.1. The molecule has 0 aliphatic carbocycles. The molecule has 0 saturated heterocycles. The largest absolute Gasteiger partial charge is 0.481 e. The highest BCUT2D eigenvalue weighted by Gasteiger charge is 2.06. The van der Waals surface area contributed by atoms with Gasteiger partial charge in [-0.05, 0) is 17.7 Å². The Morgan fingerprint density at radius 3 is 2.79 bits per heavy atom. The van der Waals surface area contributed by atoms with E-state index in [4.69, 9.17) is 5.11 Å². The van der Waals surface area contributed by atoms with Crippen LogP contribution in [0.25, 0.3) is 0 Å². The number of benzene rings is 1. The molecule has 5 heteroatoms. The predicted molar refractivity (Wildman–Crippen MR) is 72.4 cm³/mol. The van der Waals surface area contributed by atoms with Crippen LogP contribution in [0, 0.1) is 17.7 Å². The Balaban J connectivity index is 2.75.